The number of halogens is 1. The van der Waals surface area contributed by atoms with Gasteiger partial charge in [-0.1, -0.05) is 6.92 Å². The summed E-state index contributed by atoms with van der Waals surface area (Å²) in [7, 11) is 0. The van der Waals surface area contributed by atoms with Gasteiger partial charge in [-0.05, 0) is 43.1 Å². The van der Waals surface area contributed by atoms with Crippen LogP contribution in [0.25, 0.3) is 0 Å². The molecular formula is C13H21BrN4O. The first-order chi connectivity index (χ1) is 8.92. The van der Waals surface area contributed by atoms with Gasteiger partial charge >= 0.3 is 0 Å². The Morgan fingerprint density at radius 3 is 2.63 bits per heavy atom. The molecule has 0 aliphatic rings. The van der Waals surface area contributed by atoms with Gasteiger partial charge in [0.25, 0.3) is 0 Å². The topological polar surface area (TPSA) is 66.9 Å². The molecule has 5 nitrogen and oxygen atoms in total. The van der Waals surface area contributed by atoms with Crippen LogP contribution in [0.4, 0.5) is 5.82 Å². The maximum absolute atomic E-state index is 11.8. The third-order valence-electron chi connectivity index (χ3n) is 2.40. The van der Waals surface area contributed by atoms with Crippen LogP contribution >= 0.6 is 15.9 Å². The Balaban J connectivity index is 2.73. The lowest BCUT2D eigenvalue weighted by Crippen LogP contribution is -2.41. The van der Waals surface area contributed by atoms with Crippen LogP contribution in [0.5, 0.6) is 0 Å². The fourth-order valence-electron chi connectivity index (χ4n) is 1.57. The Hall–Kier alpha value is -1.17. The first-order valence-corrected chi connectivity index (χ1v) is 7.32. The molecule has 19 heavy (non-hydrogen) atoms. The Labute approximate surface area is 122 Å². The van der Waals surface area contributed by atoms with Crippen LogP contribution in [0.1, 0.15) is 39.9 Å². The smallest absolute Gasteiger partial charge is 0.242 e. The summed E-state index contributed by atoms with van der Waals surface area (Å²) >= 11 is 3.36. The number of amides is 1. The lowest BCUT2D eigenvalue weighted by molar-refractivity contribution is -0.122. The largest absolute Gasteiger partial charge is 0.358 e. The van der Waals surface area contributed by atoms with Gasteiger partial charge in [0.05, 0.1) is 0 Å². The summed E-state index contributed by atoms with van der Waals surface area (Å²) in [4.78, 5) is 20.5. The number of aryl methyl sites for hydroxylation is 1. The predicted octanol–water partition coefficient (Wildman–Crippen LogP) is 2.52. The minimum absolute atomic E-state index is 0.0400. The zero-order valence-corrected chi connectivity index (χ0v) is 13.4. The van der Waals surface area contributed by atoms with E-state index in [1.54, 1.807) is 6.07 Å². The predicted molar refractivity (Wildman–Crippen MR) is 80.1 cm³/mol. The summed E-state index contributed by atoms with van der Waals surface area (Å²) in [5.74, 6) is 1.40. The standard InChI is InChI=1S/C13H21BrN4O/c1-5-6-11-17-10(14)7-12(18-11)16-9(4)13(19)15-8(2)3/h7-9H,5-6H2,1-4H3,(H,15,19)(H,16,17,18). The SMILES string of the molecule is CCCc1nc(Br)cc(NC(C)C(=O)NC(C)C)n1. The molecule has 0 bridgehead atoms. The molecule has 0 fully saturated rings. The Morgan fingerprint density at radius 1 is 1.37 bits per heavy atom. The summed E-state index contributed by atoms with van der Waals surface area (Å²) in [6.45, 7) is 7.76. The highest BCUT2D eigenvalue weighted by molar-refractivity contribution is 9.10. The highest BCUT2D eigenvalue weighted by atomic mass is 79.9. The fourth-order valence-corrected chi connectivity index (χ4v) is 1.99. The third-order valence-corrected chi connectivity index (χ3v) is 2.81. The van der Waals surface area contributed by atoms with Gasteiger partial charge in [0.2, 0.25) is 5.91 Å². The van der Waals surface area contributed by atoms with Crippen molar-refractivity contribution >= 4 is 27.7 Å². The first-order valence-electron chi connectivity index (χ1n) is 6.52. The van der Waals surface area contributed by atoms with Crippen LogP contribution in [0.15, 0.2) is 10.7 Å². The van der Waals surface area contributed by atoms with Gasteiger partial charge in [0.15, 0.2) is 0 Å². The Bertz CT molecular complexity index is 437. The van der Waals surface area contributed by atoms with Gasteiger partial charge < -0.3 is 10.6 Å². The monoisotopic (exact) mass is 328 g/mol. The summed E-state index contributed by atoms with van der Waals surface area (Å²) in [5, 5.41) is 5.95. The van der Waals surface area contributed by atoms with E-state index in [2.05, 4.69) is 43.5 Å². The second-order valence-electron chi connectivity index (χ2n) is 4.77. The van der Waals surface area contributed by atoms with E-state index in [4.69, 9.17) is 0 Å². The van der Waals surface area contributed by atoms with E-state index in [0.29, 0.717) is 5.82 Å². The zero-order valence-electron chi connectivity index (χ0n) is 11.8. The molecule has 1 aromatic heterocycles. The van der Waals surface area contributed by atoms with Crippen molar-refractivity contribution in [2.24, 2.45) is 0 Å². The number of hydrogen-bond donors (Lipinski definition) is 2. The highest BCUT2D eigenvalue weighted by Gasteiger charge is 2.14. The molecule has 1 rings (SSSR count). The van der Waals surface area contributed by atoms with Crippen LogP contribution in [0, 0.1) is 0 Å². The molecule has 6 heteroatoms. The minimum Gasteiger partial charge on any atom is -0.358 e. The van der Waals surface area contributed by atoms with Crippen LogP contribution in [-0.2, 0) is 11.2 Å². The number of anilines is 1. The molecule has 1 heterocycles. The number of carbonyl (C=O) groups excluding carboxylic acids is 1. The van der Waals surface area contributed by atoms with Crippen LogP contribution in [0.2, 0.25) is 0 Å². The second kappa shape index (κ2) is 7.43. The van der Waals surface area contributed by atoms with Crippen LogP contribution in [0.3, 0.4) is 0 Å². The maximum atomic E-state index is 11.8. The molecule has 1 unspecified atom stereocenters. The van der Waals surface area contributed by atoms with Gasteiger partial charge in [0.1, 0.15) is 22.3 Å². The van der Waals surface area contributed by atoms with E-state index in [0.717, 1.165) is 23.3 Å². The summed E-state index contributed by atoms with van der Waals surface area (Å²) in [5.41, 5.74) is 0. The molecule has 106 valence electrons. The van der Waals surface area contributed by atoms with Crippen molar-refractivity contribution < 1.29 is 4.79 Å². The molecule has 0 aliphatic carbocycles. The van der Waals surface area contributed by atoms with E-state index < -0.39 is 0 Å². The normalized spacial score (nSPS) is 12.3. The quantitative estimate of drug-likeness (QED) is 0.787. The van der Waals surface area contributed by atoms with Gasteiger partial charge in [-0.25, -0.2) is 9.97 Å². The third kappa shape index (κ3) is 5.55. The molecule has 0 aromatic carbocycles. The van der Waals surface area contributed by atoms with E-state index in [9.17, 15) is 4.79 Å². The van der Waals surface area contributed by atoms with Gasteiger partial charge in [0, 0.05) is 18.5 Å². The molecule has 1 amide bonds. The number of hydrogen-bond acceptors (Lipinski definition) is 4. The molecule has 0 radical (unpaired) electrons. The molecule has 0 saturated heterocycles. The number of carbonyl (C=O) groups is 1. The van der Waals surface area contributed by atoms with Gasteiger partial charge in [-0.15, -0.1) is 0 Å². The number of nitrogens with one attached hydrogen (secondary N) is 2. The molecule has 0 spiro atoms. The Kier molecular flexibility index (Phi) is 6.21. The first kappa shape index (κ1) is 15.9. The molecule has 0 saturated carbocycles. The van der Waals surface area contributed by atoms with Crippen molar-refractivity contribution in [1.82, 2.24) is 15.3 Å². The second-order valence-corrected chi connectivity index (χ2v) is 5.58. The molecular weight excluding hydrogens is 308 g/mol. The van der Waals surface area contributed by atoms with Gasteiger partial charge in [-0.2, -0.15) is 0 Å². The summed E-state index contributed by atoms with van der Waals surface area (Å²) in [6, 6.07) is 1.57. The van der Waals surface area contributed by atoms with Crippen molar-refractivity contribution in [3.63, 3.8) is 0 Å². The van der Waals surface area contributed by atoms with Crippen LogP contribution in [-0.4, -0.2) is 28.0 Å². The maximum Gasteiger partial charge on any atom is 0.242 e. The van der Waals surface area contributed by atoms with Crippen molar-refractivity contribution in [1.29, 1.82) is 0 Å². The number of nitrogens with zero attached hydrogens (tertiary/aromatic N) is 2. The van der Waals surface area contributed by atoms with Crippen molar-refractivity contribution in [3.05, 3.63) is 16.5 Å². The van der Waals surface area contributed by atoms with Crippen LogP contribution < -0.4 is 10.6 Å². The van der Waals surface area contributed by atoms with Gasteiger partial charge in [-0.3, -0.25) is 4.79 Å². The Morgan fingerprint density at radius 2 is 2.05 bits per heavy atom. The highest BCUT2D eigenvalue weighted by Crippen LogP contribution is 2.14. The molecule has 1 atom stereocenters. The van der Waals surface area contributed by atoms with Crippen molar-refractivity contribution in [2.75, 3.05) is 5.32 Å². The molecule has 0 aliphatic heterocycles. The number of aromatic nitrogens is 2. The van der Waals surface area contributed by atoms with E-state index >= 15 is 0 Å². The van der Waals surface area contributed by atoms with Crippen molar-refractivity contribution in [2.45, 2.75) is 52.6 Å². The van der Waals surface area contributed by atoms with E-state index in [1.807, 2.05) is 20.8 Å². The average molecular weight is 329 g/mol. The zero-order chi connectivity index (χ0) is 14.4. The van der Waals surface area contributed by atoms with E-state index in [-0.39, 0.29) is 18.0 Å². The average Bonchev–Trinajstić information content (AvgIpc) is 2.27. The fraction of sp³-hybridized carbons (Fsp3) is 0.615. The lowest BCUT2D eigenvalue weighted by Gasteiger charge is -2.16. The lowest BCUT2D eigenvalue weighted by atomic mass is 10.2. The minimum atomic E-state index is -0.335. The van der Waals surface area contributed by atoms with Crippen molar-refractivity contribution in [3.8, 4) is 0 Å². The molecule has 2 N–H and O–H groups in total. The number of rotatable bonds is 6. The summed E-state index contributed by atoms with van der Waals surface area (Å²) in [6.07, 6.45) is 1.81. The molecule has 1 aromatic rings. The van der Waals surface area contributed by atoms with E-state index in [1.165, 1.54) is 0 Å². The summed E-state index contributed by atoms with van der Waals surface area (Å²) < 4.78 is 0.727.